The van der Waals surface area contributed by atoms with Gasteiger partial charge in [0.2, 0.25) is 10.0 Å². The zero-order chi connectivity index (χ0) is 12.9. The summed E-state index contributed by atoms with van der Waals surface area (Å²) in [7, 11) is -3.52. The maximum atomic E-state index is 11.6. The number of aromatic nitrogens is 2. The van der Waals surface area contributed by atoms with Crippen LogP contribution in [0.3, 0.4) is 0 Å². The predicted octanol–water partition coefficient (Wildman–Crippen LogP) is 1.38. The summed E-state index contributed by atoms with van der Waals surface area (Å²) in [5.41, 5.74) is 0. The van der Waals surface area contributed by atoms with Crippen LogP contribution in [-0.4, -0.2) is 36.1 Å². The first-order valence-corrected chi connectivity index (χ1v) is 6.34. The molecular weight excluding hydrogens is 261 g/mol. The molecule has 1 aromatic heterocycles. The third-order valence-corrected chi connectivity index (χ3v) is 3.53. The molecule has 0 spiro atoms. The molecular formula is C8H11F3N2O3S. The highest BCUT2D eigenvalue weighted by Crippen LogP contribution is 2.16. The molecule has 0 atom stereocenters. The van der Waals surface area contributed by atoms with Crippen LogP contribution in [0.2, 0.25) is 0 Å². The largest absolute Gasteiger partial charge is 0.522 e. The molecule has 0 amide bonds. The van der Waals surface area contributed by atoms with Crippen LogP contribution in [0, 0.1) is 0 Å². The molecule has 0 saturated heterocycles. The van der Waals surface area contributed by atoms with E-state index < -0.39 is 23.0 Å². The normalized spacial score (nSPS) is 12.9. The maximum Gasteiger partial charge on any atom is 0.522 e. The third kappa shape index (κ3) is 5.18. The standard InChI is InChI=1S/C8H11F3N2O3S/c9-8(10,11)16-5-1-2-6-17(14,15)13-4-3-12-7-13/h3-4,7H,1-2,5-6H2. The monoisotopic (exact) mass is 272 g/mol. The van der Waals surface area contributed by atoms with Gasteiger partial charge in [-0.2, -0.15) is 0 Å². The molecule has 1 heterocycles. The first-order valence-electron chi connectivity index (χ1n) is 4.73. The Morgan fingerprint density at radius 1 is 1.29 bits per heavy atom. The van der Waals surface area contributed by atoms with Crippen molar-refractivity contribution in [1.82, 2.24) is 8.96 Å². The van der Waals surface area contributed by atoms with Gasteiger partial charge in [0.15, 0.2) is 0 Å². The number of nitrogens with zero attached hydrogens (tertiary/aromatic N) is 2. The highest BCUT2D eigenvalue weighted by Gasteiger charge is 2.28. The second kappa shape index (κ2) is 5.50. The Morgan fingerprint density at radius 3 is 2.53 bits per heavy atom. The fraction of sp³-hybridized carbons (Fsp3) is 0.625. The minimum absolute atomic E-state index is 0.0213. The van der Waals surface area contributed by atoms with Gasteiger partial charge in [-0.1, -0.05) is 0 Å². The summed E-state index contributed by atoms with van der Waals surface area (Å²) in [6.45, 7) is -0.539. The van der Waals surface area contributed by atoms with Crippen LogP contribution >= 0.6 is 0 Å². The summed E-state index contributed by atoms with van der Waals surface area (Å²) in [5.74, 6) is -0.245. The fourth-order valence-electron chi connectivity index (χ4n) is 1.09. The molecule has 0 radical (unpaired) electrons. The quantitative estimate of drug-likeness (QED) is 0.734. The van der Waals surface area contributed by atoms with Crippen LogP contribution in [0.15, 0.2) is 18.7 Å². The first kappa shape index (κ1) is 14.0. The van der Waals surface area contributed by atoms with Crippen LogP contribution in [0.5, 0.6) is 0 Å². The van der Waals surface area contributed by atoms with E-state index in [1.54, 1.807) is 0 Å². The predicted molar refractivity (Wildman–Crippen MR) is 52.7 cm³/mol. The molecule has 0 bridgehead atoms. The van der Waals surface area contributed by atoms with E-state index in [0.717, 1.165) is 10.3 Å². The summed E-state index contributed by atoms with van der Waals surface area (Å²) < 4.78 is 62.2. The minimum atomic E-state index is -4.66. The number of hydrogen-bond acceptors (Lipinski definition) is 4. The van der Waals surface area contributed by atoms with E-state index in [-0.39, 0.29) is 18.6 Å². The molecule has 5 nitrogen and oxygen atoms in total. The lowest BCUT2D eigenvalue weighted by Gasteiger charge is -2.07. The van der Waals surface area contributed by atoms with Crippen LogP contribution in [0.1, 0.15) is 12.8 Å². The molecule has 0 aliphatic heterocycles. The van der Waals surface area contributed by atoms with Crippen LogP contribution in [0.25, 0.3) is 0 Å². The van der Waals surface area contributed by atoms with E-state index in [0.29, 0.717) is 0 Å². The van der Waals surface area contributed by atoms with Gasteiger partial charge < -0.3 is 0 Å². The number of halogens is 3. The lowest BCUT2D eigenvalue weighted by molar-refractivity contribution is -0.324. The van der Waals surface area contributed by atoms with E-state index in [9.17, 15) is 21.6 Å². The zero-order valence-electron chi connectivity index (χ0n) is 8.72. The first-order chi connectivity index (χ1) is 7.81. The Balaban J connectivity index is 2.28. The molecule has 0 saturated carbocycles. The Hall–Kier alpha value is -1.09. The van der Waals surface area contributed by atoms with E-state index in [1.807, 2.05) is 0 Å². The zero-order valence-corrected chi connectivity index (χ0v) is 9.54. The van der Waals surface area contributed by atoms with E-state index in [4.69, 9.17) is 0 Å². The van der Waals surface area contributed by atoms with E-state index >= 15 is 0 Å². The van der Waals surface area contributed by atoms with Crippen molar-refractivity contribution in [3.05, 3.63) is 18.7 Å². The summed E-state index contributed by atoms with van der Waals surface area (Å²) in [5, 5.41) is 0. The molecule has 98 valence electrons. The van der Waals surface area contributed by atoms with Gasteiger partial charge in [0.05, 0.1) is 12.4 Å². The average Bonchev–Trinajstić information content (AvgIpc) is 2.68. The average molecular weight is 272 g/mol. The Bertz CT molecular complexity index is 427. The molecule has 17 heavy (non-hydrogen) atoms. The summed E-state index contributed by atoms with van der Waals surface area (Å²) in [6, 6.07) is 0. The Morgan fingerprint density at radius 2 is 2.00 bits per heavy atom. The van der Waals surface area contributed by atoms with Gasteiger partial charge in [-0.05, 0) is 12.8 Å². The minimum Gasteiger partial charge on any atom is -0.292 e. The van der Waals surface area contributed by atoms with Crippen molar-refractivity contribution < 1.29 is 26.3 Å². The number of hydrogen-bond donors (Lipinski definition) is 0. The van der Waals surface area contributed by atoms with E-state index in [1.165, 1.54) is 12.4 Å². The second-order valence-electron chi connectivity index (χ2n) is 3.21. The molecule has 1 aromatic rings. The van der Waals surface area contributed by atoms with Crippen molar-refractivity contribution in [2.75, 3.05) is 12.4 Å². The van der Waals surface area contributed by atoms with Crippen LogP contribution < -0.4 is 0 Å². The van der Waals surface area contributed by atoms with Crippen LogP contribution in [-0.2, 0) is 14.8 Å². The Labute approximate surface area is 96.3 Å². The van der Waals surface area contributed by atoms with Crippen LogP contribution in [0.4, 0.5) is 13.2 Å². The van der Waals surface area contributed by atoms with Crippen molar-refractivity contribution in [3.63, 3.8) is 0 Å². The third-order valence-electron chi connectivity index (χ3n) is 1.86. The molecule has 1 rings (SSSR count). The number of alkyl halides is 3. The Kier molecular flexibility index (Phi) is 4.52. The van der Waals surface area contributed by atoms with Gasteiger partial charge in [0.1, 0.15) is 6.33 Å². The SMILES string of the molecule is O=S(=O)(CCCCOC(F)(F)F)n1ccnc1. The van der Waals surface area contributed by atoms with Gasteiger partial charge in [0, 0.05) is 12.4 Å². The smallest absolute Gasteiger partial charge is 0.292 e. The second-order valence-corrected chi connectivity index (χ2v) is 5.20. The lowest BCUT2D eigenvalue weighted by atomic mass is 10.4. The van der Waals surface area contributed by atoms with Gasteiger partial charge in [-0.15, -0.1) is 13.2 Å². The van der Waals surface area contributed by atoms with Crippen molar-refractivity contribution >= 4 is 10.0 Å². The molecule has 0 unspecified atom stereocenters. The van der Waals surface area contributed by atoms with Crippen molar-refractivity contribution in [2.24, 2.45) is 0 Å². The number of imidazole rings is 1. The molecule has 0 aliphatic carbocycles. The number of rotatable bonds is 6. The van der Waals surface area contributed by atoms with Gasteiger partial charge >= 0.3 is 6.36 Å². The van der Waals surface area contributed by atoms with Gasteiger partial charge in [-0.25, -0.2) is 17.4 Å². The van der Waals surface area contributed by atoms with Gasteiger partial charge in [0.25, 0.3) is 0 Å². The van der Waals surface area contributed by atoms with Crippen molar-refractivity contribution in [2.45, 2.75) is 19.2 Å². The topological polar surface area (TPSA) is 61.2 Å². The molecule has 0 aromatic carbocycles. The molecule has 0 fully saturated rings. The highest BCUT2D eigenvalue weighted by molar-refractivity contribution is 7.89. The maximum absolute atomic E-state index is 11.6. The summed E-state index contributed by atoms with van der Waals surface area (Å²) >= 11 is 0. The van der Waals surface area contributed by atoms with Crippen molar-refractivity contribution in [1.29, 1.82) is 0 Å². The van der Waals surface area contributed by atoms with Gasteiger partial charge in [-0.3, -0.25) is 4.74 Å². The molecule has 0 N–H and O–H groups in total. The number of unbranched alkanes of at least 4 members (excludes halogenated alkanes) is 1. The summed E-state index contributed by atoms with van der Waals surface area (Å²) in [4.78, 5) is 3.58. The van der Waals surface area contributed by atoms with E-state index in [2.05, 4.69) is 9.72 Å². The molecule has 0 aliphatic rings. The number of ether oxygens (including phenoxy) is 1. The molecule has 9 heteroatoms. The van der Waals surface area contributed by atoms with Crippen molar-refractivity contribution in [3.8, 4) is 0 Å². The fourth-order valence-corrected chi connectivity index (χ4v) is 2.31. The highest BCUT2D eigenvalue weighted by atomic mass is 32.2. The lowest BCUT2D eigenvalue weighted by Crippen LogP contribution is -2.17. The summed E-state index contributed by atoms with van der Waals surface area (Å²) in [6.07, 6.45) is -0.847.